The highest BCUT2D eigenvalue weighted by Gasteiger charge is 2.21. The third-order valence-electron chi connectivity index (χ3n) is 14.1. The fourth-order valence-electron chi connectivity index (χ4n) is 11.2. The summed E-state index contributed by atoms with van der Waals surface area (Å²) in [7, 11) is 0. The summed E-state index contributed by atoms with van der Waals surface area (Å²) in [6, 6.07) is 76.2. The first kappa shape index (κ1) is 36.2. The molecule has 4 heterocycles. The molecule has 1 aliphatic carbocycles. The molecule has 0 spiro atoms. The van der Waals surface area contributed by atoms with E-state index in [-0.39, 0.29) is 0 Å². The van der Waals surface area contributed by atoms with Crippen molar-refractivity contribution in [2.45, 2.75) is 19.3 Å². The maximum absolute atomic E-state index is 2.51. The van der Waals surface area contributed by atoms with Gasteiger partial charge in [-0.05, 0) is 108 Å². The molecule has 4 aromatic heterocycles. The number of nitrogens with zero attached hydrogens (tertiary/aromatic N) is 4. The fourth-order valence-corrected chi connectivity index (χ4v) is 11.2. The molecule has 0 unspecified atom stereocenters. The zero-order chi connectivity index (χ0) is 42.6. The van der Waals surface area contributed by atoms with Gasteiger partial charge in [0.2, 0.25) is 0 Å². The molecule has 0 atom stereocenters. The highest BCUT2D eigenvalue weighted by molar-refractivity contribution is 6.12. The van der Waals surface area contributed by atoms with Gasteiger partial charge in [0.15, 0.2) is 0 Å². The van der Waals surface area contributed by atoms with Crippen LogP contribution < -0.4 is 0 Å². The molecule has 0 bridgehead atoms. The monoisotopic (exact) mass is 830 g/mol. The number of hydrogen-bond acceptors (Lipinski definition) is 0. The van der Waals surface area contributed by atoms with Gasteiger partial charge in [0.25, 0.3) is 0 Å². The quantitative estimate of drug-likeness (QED) is 0.154. The van der Waals surface area contributed by atoms with Crippen LogP contribution in [0.25, 0.3) is 110 Å². The maximum atomic E-state index is 2.51. The number of benzene rings is 9. The molecule has 4 heteroatoms. The van der Waals surface area contributed by atoms with Crippen LogP contribution in [-0.2, 0) is 12.8 Å². The van der Waals surface area contributed by atoms with Crippen LogP contribution in [0.5, 0.6) is 0 Å². The van der Waals surface area contributed by atoms with Crippen LogP contribution in [0.15, 0.2) is 218 Å². The van der Waals surface area contributed by atoms with Gasteiger partial charge in [-0.1, -0.05) is 140 Å². The molecule has 0 saturated carbocycles. The Hall–Kier alpha value is -8.34. The summed E-state index contributed by atoms with van der Waals surface area (Å²) < 4.78 is 9.79. The fraction of sp³-hybridized carbons (Fsp3) is 0.0492. The van der Waals surface area contributed by atoms with Crippen LogP contribution in [0.1, 0.15) is 17.7 Å². The first-order valence-electron chi connectivity index (χ1n) is 22.8. The lowest BCUT2D eigenvalue weighted by Gasteiger charge is -2.14. The predicted octanol–water partition coefficient (Wildman–Crippen LogP) is 15.6. The molecule has 65 heavy (non-hydrogen) atoms. The van der Waals surface area contributed by atoms with Crippen molar-refractivity contribution in [3.8, 4) is 33.9 Å². The number of aromatic nitrogens is 4. The van der Waals surface area contributed by atoms with Gasteiger partial charge >= 0.3 is 0 Å². The maximum Gasteiger partial charge on any atom is 0.0561 e. The van der Waals surface area contributed by atoms with E-state index in [9.17, 15) is 0 Å². The average molecular weight is 831 g/mol. The Bertz CT molecular complexity index is 4020. The molecule has 0 fully saturated rings. The van der Waals surface area contributed by atoms with Crippen molar-refractivity contribution >= 4 is 76.3 Å². The van der Waals surface area contributed by atoms with E-state index in [2.05, 4.69) is 237 Å². The van der Waals surface area contributed by atoms with E-state index in [4.69, 9.17) is 0 Å². The summed E-state index contributed by atoms with van der Waals surface area (Å²) in [6.07, 6.45) is 7.79. The zero-order valence-electron chi connectivity index (χ0n) is 35.7. The minimum absolute atomic E-state index is 0.941. The van der Waals surface area contributed by atoms with Gasteiger partial charge in [-0.2, -0.15) is 0 Å². The molecule has 0 amide bonds. The summed E-state index contributed by atoms with van der Waals surface area (Å²) in [6.45, 7) is 0. The lowest BCUT2D eigenvalue weighted by Crippen LogP contribution is -2.01. The van der Waals surface area contributed by atoms with E-state index in [1.54, 1.807) is 0 Å². The molecular formula is C61H42N4. The number of allylic oxidation sites excluding steroid dienone is 2. The van der Waals surface area contributed by atoms with E-state index in [1.165, 1.54) is 104 Å². The normalized spacial score (nSPS) is 13.0. The highest BCUT2D eigenvalue weighted by atomic mass is 15.0. The molecule has 0 radical (unpaired) electrons. The second-order valence-corrected chi connectivity index (χ2v) is 17.6. The standard InChI is InChI=1S/C61H42N4/c1-2-14-46-47-15-4-11-23-57(47)64(56(46)20-3-1)44-34-36-52-50-18-7-9-21-54(50)62(60(52)38-44)42-30-26-40(27-31-42)41-28-32-43(33-29-41)63-55-22-10-8-19-51(55)53-37-35-45(39-61(53)63)65-58-24-12-5-16-48(58)49-17-6-13-25-59(49)65/h1,3-13,15-19,21-39H,2,14,20H2. The highest BCUT2D eigenvalue weighted by Crippen LogP contribution is 2.40. The Morgan fingerprint density at radius 1 is 0.277 bits per heavy atom. The van der Waals surface area contributed by atoms with Crippen LogP contribution in [-0.4, -0.2) is 18.3 Å². The van der Waals surface area contributed by atoms with Crippen molar-refractivity contribution in [1.82, 2.24) is 18.3 Å². The molecule has 0 N–H and O–H groups in total. The summed E-state index contributed by atoms with van der Waals surface area (Å²) >= 11 is 0. The van der Waals surface area contributed by atoms with Crippen molar-refractivity contribution in [2.75, 3.05) is 0 Å². The third kappa shape index (κ3) is 5.38. The van der Waals surface area contributed by atoms with Gasteiger partial charge in [0.1, 0.15) is 0 Å². The second-order valence-electron chi connectivity index (χ2n) is 17.6. The Kier molecular flexibility index (Phi) is 7.84. The Morgan fingerprint density at radius 2 is 0.631 bits per heavy atom. The van der Waals surface area contributed by atoms with Gasteiger partial charge in [-0.3, -0.25) is 0 Å². The number of hydrogen-bond donors (Lipinski definition) is 0. The number of para-hydroxylation sites is 5. The number of rotatable bonds is 5. The van der Waals surface area contributed by atoms with Crippen LogP contribution in [0.4, 0.5) is 0 Å². The van der Waals surface area contributed by atoms with Crippen molar-refractivity contribution in [3.05, 3.63) is 230 Å². The van der Waals surface area contributed by atoms with E-state index in [0.29, 0.717) is 0 Å². The summed E-state index contributed by atoms with van der Waals surface area (Å²) in [5.74, 6) is 0. The molecule has 0 saturated heterocycles. The molecule has 306 valence electrons. The van der Waals surface area contributed by atoms with Gasteiger partial charge in [-0.25, -0.2) is 0 Å². The van der Waals surface area contributed by atoms with E-state index in [0.717, 1.165) is 36.3 Å². The molecule has 1 aliphatic rings. The molecule has 14 rings (SSSR count). The van der Waals surface area contributed by atoms with Crippen molar-refractivity contribution in [3.63, 3.8) is 0 Å². The Labute approximate surface area is 375 Å². The summed E-state index contributed by atoms with van der Waals surface area (Å²) in [4.78, 5) is 0. The van der Waals surface area contributed by atoms with Gasteiger partial charge in [0.05, 0.1) is 38.6 Å². The number of aryl methyl sites for hydroxylation is 1. The first-order valence-corrected chi connectivity index (χ1v) is 22.8. The van der Waals surface area contributed by atoms with E-state index < -0.39 is 0 Å². The SMILES string of the molecule is C1=CCc2c(c3ccccc3n2-c2ccc3c4ccccc4n(-c4ccc(-c5ccc(-n6c7ccccc7c7ccc(-n8c9ccccc9c9ccccc98)cc76)cc5)cc4)c3c2)CC1. The number of fused-ring (bicyclic) bond motifs is 12. The van der Waals surface area contributed by atoms with E-state index >= 15 is 0 Å². The molecule has 13 aromatic rings. The average Bonchev–Trinajstić information content (AvgIpc) is 4.03. The largest absolute Gasteiger partial charge is 0.313 e. The van der Waals surface area contributed by atoms with Crippen molar-refractivity contribution in [2.24, 2.45) is 0 Å². The molecular weight excluding hydrogens is 789 g/mol. The van der Waals surface area contributed by atoms with Gasteiger partial charge in [-0.15, -0.1) is 0 Å². The van der Waals surface area contributed by atoms with Crippen LogP contribution in [0.3, 0.4) is 0 Å². The molecule has 4 nitrogen and oxygen atoms in total. The second kappa shape index (κ2) is 14.1. The predicted molar refractivity (Wildman–Crippen MR) is 273 cm³/mol. The van der Waals surface area contributed by atoms with Crippen LogP contribution >= 0.6 is 0 Å². The lowest BCUT2D eigenvalue weighted by molar-refractivity contribution is 0.959. The third-order valence-corrected chi connectivity index (χ3v) is 14.1. The van der Waals surface area contributed by atoms with E-state index in [1.807, 2.05) is 0 Å². The first-order chi connectivity index (χ1) is 32.3. The minimum Gasteiger partial charge on any atom is -0.313 e. The van der Waals surface area contributed by atoms with Gasteiger partial charge < -0.3 is 18.3 Å². The summed E-state index contributed by atoms with van der Waals surface area (Å²) in [5.41, 5.74) is 18.4. The molecule has 9 aromatic carbocycles. The smallest absolute Gasteiger partial charge is 0.0561 e. The van der Waals surface area contributed by atoms with Crippen molar-refractivity contribution in [1.29, 1.82) is 0 Å². The lowest BCUT2D eigenvalue weighted by atomic mass is 10.0. The van der Waals surface area contributed by atoms with Gasteiger partial charge in [0, 0.05) is 72.6 Å². The molecule has 0 aliphatic heterocycles. The Balaban J connectivity index is 0.857. The zero-order valence-corrected chi connectivity index (χ0v) is 35.7. The van der Waals surface area contributed by atoms with Crippen LogP contribution in [0.2, 0.25) is 0 Å². The minimum atomic E-state index is 0.941. The van der Waals surface area contributed by atoms with Crippen LogP contribution in [0, 0.1) is 0 Å². The Morgan fingerprint density at radius 3 is 1.09 bits per heavy atom. The topological polar surface area (TPSA) is 19.7 Å². The van der Waals surface area contributed by atoms with Crippen molar-refractivity contribution < 1.29 is 0 Å². The summed E-state index contributed by atoms with van der Waals surface area (Å²) in [5, 5.41) is 8.93.